The average Bonchev–Trinajstić information content (AvgIpc) is 3.09. The number of halogens is 1. The molecule has 1 atom stereocenters. The zero-order valence-corrected chi connectivity index (χ0v) is 20.1. The number of hydrogen-bond donors (Lipinski definition) is 1. The molecule has 0 bridgehead atoms. The molecule has 2 aliphatic rings. The Morgan fingerprint density at radius 3 is 2.24 bits per heavy atom. The molecule has 2 aromatic carbocycles. The fourth-order valence-electron chi connectivity index (χ4n) is 5.22. The van der Waals surface area contributed by atoms with Gasteiger partial charge in [-0.15, -0.1) is 0 Å². The van der Waals surface area contributed by atoms with Crippen molar-refractivity contribution >= 4 is 11.9 Å². The lowest BCUT2D eigenvalue weighted by molar-refractivity contribution is -0.134. The average molecular weight is 468 g/mol. The first-order valence-electron chi connectivity index (χ1n) is 12.1. The van der Waals surface area contributed by atoms with Crippen molar-refractivity contribution in [2.75, 3.05) is 33.4 Å². The third kappa shape index (κ3) is 5.15. The van der Waals surface area contributed by atoms with Crippen LogP contribution in [-0.4, -0.2) is 60.6 Å². The maximum atomic E-state index is 13.6. The standard InChI is InChI=1S/C27H34FN3O3/c1-3-20-4-6-22(7-5-20)19-30-14-12-23(13-15-30)27(18-21-8-10-24(28)11-9-21)25(32)31(16-17-34-2)26(33)29-27/h4-11,23H,3,12-19H2,1-2H3,(H,29,33). The number of imide groups is 1. The van der Waals surface area contributed by atoms with E-state index in [1.54, 1.807) is 19.2 Å². The number of nitrogens with zero attached hydrogens (tertiary/aromatic N) is 2. The zero-order valence-electron chi connectivity index (χ0n) is 20.1. The first-order chi connectivity index (χ1) is 16.4. The van der Waals surface area contributed by atoms with Gasteiger partial charge in [0.2, 0.25) is 0 Å². The van der Waals surface area contributed by atoms with E-state index in [1.165, 1.54) is 28.2 Å². The van der Waals surface area contributed by atoms with Gasteiger partial charge < -0.3 is 10.1 Å². The highest BCUT2D eigenvalue weighted by molar-refractivity contribution is 6.07. The molecular formula is C27H34FN3O3. The summed E-state index contributed by atoms with van der Waals surface area (Å²) in [5.41, 5.74) is 2.44. The summed E-state index contributed by atoms with van der Waals surface area (Å²) >= 11 is 0. The summed E-state index contributed by atoms with van der Waals surface area (Å²) in [6.45, 7) is 5.25. The fraction of sp³-hybridized carbons (Fsp3) is 0.481. The van der Waals surface area contributed by atoms with Crippen molar-refractivity contribution in [2.45, 2.75) is 44.7 Å². The normalized spacial score (nSPS) is 21.8. The fourth-order valence-corrected chi connectivity index (χ4v) is 5.22. The summed E-state index contributed by atoms with van der Waals surface area (Å²) in [4.78, 5) is 30.1. The van der Waals surface area contributed by atoms with Crippen LogP contribution in [0, 0.1) is 11.7 Å². The molecule has 2 aromatic rings. The predicted molar refractivity (Wildman–Crippen MR) is 129 cm³/mol. The number of rotatable bonds is 9. The summed E-state index contributed by atoms with van der Waals surface area (Å²) in [7, 11) is 1.55. The Kier molecular flexibility index (Phi) is 7.63. The topological polar surface area (TPSA) is 61.9 Å². The van der Waals surface area contributed by atoms with Gasteiger partial charge >= 0.3 is 6.03 Å². The van der Waals surface area contributed by atoms with E-state index < -0.39 is 5.54 Å². The molecule has 0 spiro atoms. The van der Waals surface area contributed by atoms with Crippen LogP contribution in [-0.2, 0) is 28.9 Å². The first kappa shape index (κ1) is 24.4. The maximum absolute atomic E-state index is 13.6. The highest BCUT2D eigenvalue weighted by Gasteiger charge is 2.55. The largest absolute Gasteiger partial charge is 0.383 e. The number of likely N-dealkylation sites (tertiary alicyclic amines) is 1. The maximum Gasteiger partial charge on any atom is 0.325 e. The van der Waals surface area contributed by atoms with E-state index in [-0.39, 0.29) is 30.2 Å². The van der Waals surface area contributed by atoms with Crippen LogP contribution < -0.4 is 5.32 Å². The van der Waals surface area contributed by atoms with Crippen LogP contribution in [0.3, 0.4) is 0 Å². The SMILES string of the molecule is CCc1ccc(CN2CCC(C3(Cc4ccc(F)cc4)NC(=O)N(CCOC)C3=O)CC2)cc1. The van der Waals surface area contributed by atoms with Gasteiger partial charge in [0, 0.05) is 20.1 Å². The lowest BCUT2D eigenvalue weighted by atomic mass is 9.74. The Morgan fingerprint density at radius 1 is 1.00 bits per heavy atom. The molecule has 1 unspecified atom stereocenters. The molecular weight excluding hydrogens is 433 g/mol. The van der Waals surface area contributed by atoms with Crippen molar-refractivity contribution in [3.8, 4) is 0 Å². The molecule has 3 amide bonds. The smallest absolute Gasteiger partial charge is 0.325 e. The van der Waals surface area contributed by atoms with Crippen LogP contribution in [0.15, 0.2) is 48.5 Å². The summed E-state index contributed by atoms with van der Waals surface area (Å²) in [5, 5.41) is 3.06. The quantitative estimate of drug-likeness (QED) is 0.570. The molecule has 2 heterocycles. The molecule has 1 N–H and O–H groups in total. The van der Waals surface area contributed by atoms with Crippen molar-refractivity contribution < 1.29 is 18.7 Å². The number of urea groups is 1. The van der Waals surface area contributed by atoms with Gasteiger partial charge in [0.25, 0.3) is 5.91 Å². The molecule has 2 fully saturated rings. The summed E-state index contributed by atoms with van der Waals surface area (Å²) < 4.78 is 18.6. The summed E-state index contributed by atoms with van der Waals surface area (Å²) in [5.74, 6) is -0.519. The lowest BCUT2D eigenvalue weighted by Gasteiger charge is -2.41. The number of carbonyl (C=O) groups is 2. The van der Waals surface area contributed by atoms with E-state index in [4.69, 9.17) is 4.74 Å². The number of nitrogens with one attached hydrogen (secondary N) is 1. The van der Waals surface area contributed by atoms with Crippen molar-refractivity contribution in [2.24, 2.45) is 5.92 Å². The van der Waals surface area contributed by atoms with Crippen molar-refractivity contribution in [1.82, 2.24) is 15.1 Å². The molecule has 7 heteroatoms. The second kappa shape index (κ2) is 10.7. The van der Waals surface area contributed by atoms with Crippen LogP contribution in [0.5, 0.6) is 0 Å². The Hall–Kier alpha value is -2.77. The van der Waals surface area contributed by atoms with Crippen LogP contribution in [0.25, 0.3) is 0 Å². The zero-order chi connectivity index (χ0) is 24.1. The Bertz CT molecular complexity index is 987. The Labute approximate surface area is 201 Å². The van der Waals surface area contributed by atoms with E-state index >= 15 is 0 Å². The van der Waals surface area contributed by atoms with E-state index in [9.17, 15) is 14.0 Å². The number of amides is 3. The molecule has 182 valence electrons. The van der Waals surface area contributed by atoms with Gasteiger partial charge in [-0.2, -0.15) is 0 Å². The molecule has 4 rings (SSSR count). The van der Waals surface area contributed by atoms with Crippen molar-refractivity contribution in [3.63, 3.8) is 0 Å². The number of ether oxygens (including phenoxy) is 1. The van der Waals surface area contributed by atoms with Crippen LogP contribution in [0.1, 0.15) is 36.5 Å². The van der Waals surface area contributed by atoms with E-state index in [1.807, 2.05) is 0 Å². The highest BCUT2D eigenvalue weighted by Crippen LogP contribution is 2.37. The van der Waals surface area contributed by atoms with Gasteiger partial charge in [0.1, 0.15) is 11.4 Å². The van der Waals surface area contributed by atoms with Gasteiger partial charge in [-0.05, 0) is 67.1 Å². The summed E-state index contributed by atoms with van der Waals surface area (Å²) in [6, 6.07) is 14.6. The molecule has 2 saturated heterocycles. The monoisotopic (exact) mass is 467 g/mol. The predicted octanol–water partition coefficient (Wildman–Crippen LogP) is 3.78. The van der Waals surface area contributed by atoms with Gasteiger partial charge in [0.15, 0.2) is 0 Å². The van der Waals surface area contributed by atoms with Gasteiger partial charge in [-0.3, -0.25) is 14.6 Å². The number of benzene rings is 2. The van der Waals surface area contributed by atoms with Crippen LogP contribution in [0.2, 0.25) is 0 Å². The number of hydrogen-bond acceptors (Lipinski definition) is 4. The van der Waals surface area contributed by atoms with E-state index in [2.05, 4.69) is 41.4 Å². The van der Waals surface area contributed by atoms with Gasteiger partial charge in [-0.25, -0.2) is 9.18 Å². The third-order valence-corrected chi connectivity index (χ3v) is 7.24. The highest BCUT2D eigenvalue weighted by atomic mass is 19.1. The lowest BCUT2D eigenvalue weighted by Crippen LogP contribution is -2.57. The number of piperidine rings is 1. The van der Waals surface area contributed by atoms with Crippen LogP contribution in [0.4, 0.5) is 9.18 Å². The minimum Gasteiger partial charge on any atom is -0.383 e. The van der Waals surface area contributed by atoms with Gasteiger partial charge in [-0.1, -0.05) is 43.3 Å². The van der Waals surface area contributed by atoms with E-state index in [0.29, 0.717) is 13.0 Å². The van der Waals surface area contributed by atoms with E-state index in [0.717, 1.165) is 44.5 Å². The minimum absolute atomic E-state index is 0.000246. The third-order valence-electron chi connectivity index (χ3n) is 7.24. The molecule has 34 heavy (non-hydrogen) atoms. The molecule has 6 nitrogen and oxygen atoms in total. The number of methoxy groups -OCH3 is 1. The molecule has 0 saturated carbocycles. The van der Waals surface area contributed by atoms with Gasteiger partial charge in [0.05, 0.1) is 13.2 Å². The number of carbonyl (C=O) groups excluding carboxylic acids is 2. The van der Waals surface area contributed by atoms with Crippen molar-refractivity contribution in [1.29, 1.82) is 0 Å². The molecule has 0 radical (unpaired) electrons. The second-order valence-electron chi connectivity index (χ2n) is 9.37. The first-order valence-corrected chi connectivity index (χ1v) is 12.1. The Balaban J connectivity index is 1.50. The second-order valence-corrected chi connectivity index (χ2v) is 9.37. The van der Waals surface area contributed by atoms with Crippen LogP contribution >= 0.6 is 0 Å². The minimum atomic E-state index is -1.02. The summed E-state index contributed by atoms with van der Waals surface area (Å²) in [6.07, 6.45) is 2.99. The Morgan fingerprint density at radius 2 is 1.62 bits per heavy atom. The van der Waals surface area contributed by atoms with Crippen molar-refractivity contribution in [3.05, 3.63) is 71.0 Å². The number of aryl methyl sites for hydroxylation is 1. The molecule has 0 aromatic heterocycles. The molecule has 0 aliphatic carbocycles. The molecule has 2 aliphatic heterocycles.